The van der Waals surface area contributed by atoms with Crippen LogP contribution < -0.4 is 0 Å². The number of unbranched alkanes of at least 4 members (excludes halogenated alkanes) is 9. The number of aliphatic hydroxyl groups is 2. The number of hydrogen-bond acceptors (Lipinski definition) is 5. The van der Waals surface area contributed by atoms with Crippen molar-refractivity contribution in [2.75, 3.05) is 6.61 Å². The summed E-state index contributed by atoms with van der Waals surface area (Å²) in [6.07, 6.45) is 11.9. The second-order valence-electron chi connectivity index (χ2n) is 7.00. The number of carboxylic acid groups (broad SMARTS) is 3. The number of hydrogen-bond donors (Lipinski definition) is 5. The molecule has 0 fully saturated rings. The molecule has 1 unspecified atom stereocenters. The van der Waals surface area contributed by atoms with E-state index in [0.717, 1.165) is 12.8 Å². The van der Waals surface area contributed by atoms with Crippen molar-refractivity contribution in [3.63, 3.8) is 0 Å². The molecule has 0 aromatic carbocycles. The summed E-state index contributed by atoms with van der Waals surface area (Å²) in [7, 11) is 0. The van der Waals surface area contributed by atoms with E-state index < -0.39 is 24.0 Å². The third-order valence-corrected chi connectivity index (χ3v) is 3.79. The molecule has 29 heavy (non-hydrogen) atoms. The normalized spacial score (nSPS) is 10.8. The monoisotopic (exact) mass is 422 g/mol. The maximum atomic E-state index is 10.2. The van der Waals surface area contributed by atoms with Crippen LogP contribution in [-0.2, 0) is 14.4 Å². The molecule has 0 aromatic rings. The minimum absolute atomic E-state index is 0.0628. The van der Waals surface area contributed by atoms with Gasteiger partial charge in [0.1, 0.15) is 0 Å². The highest BCUT2D eigenvalue weighted by Gasteiger charge is 1.99. The van der Waals surface area contributed by atoms with Crippen LogP contribution in [0.2, 0.25) is 0 Å². The molecule has 0 aliphatic heterocycles. The summed E-state index contributed by atoms with van der Waals surface area (Å²) in [5.74, 6) is -2.40. The second-order valence-corrected chi connectivity index (χ2v) is 7.00. The molecule has 1 atom stereocenters. The molecule has 0 saturated heterocycles. The van der Waals surface area contributed by atoms with Gasteiger partial charge in [-0.2, -0.15) is 0 Å². The molecular weight excluding hydrogens is 380 g/mol. The summed E-state index contributed by atoms with van der Waals surface area (Å²) in [4.78, 5) is 30.0. The summed E-state index contributed by atoms with van der Waals surface area (Å²) in [5.41, 5.74) is 0. The maximum Gasteiger partial charge on any atom is 0.303 e. The number of carboxylic acids is 3. The van der Waals surface area contributed by atoms with Crippen LogP contribution in [0.5, 0.6) is 0 Å². The first kappa shape index (κ1) is 32.0. The number of rotatable bonds is 16. The van der Waals surface area contributed by atoms with Crippen LogP contribution in [0.15, 0.2) is 0 Å². The van der Waals surface area contributed by atoms with Crippen molar-refractivity contribution in [2.24, 2.45) is 0 Å². The Kier molecular flexibility index (Phi) is 29.1. The second kappa shape index (κ2) is 26.3. The fourth-order valence-corrected chi connectivity index (χ4v) is 2.14. The lowest BCUT2D eigenvalue weighted by molar-refractivity contribution is -0.139. The van der Waals surface area contributed by atoms with E-state index in [2.05, 4.69) is 6.92 Å². The van der Waals surface area contributed by atoms with E-state index >= 15 is 0 Å². The van der Waals surface area contributed by atoms with E-state index in [1.807, 2.05) is 0 Å². The Morgan fingerprint density at radius 3 is 1.10 bits per heavy atom. The lowest BCUT2D eigenvalue weighted by Gasteiger charge is -2.00. The van der Waals surface area contributed by atoms with Crippen molar-refractivity contribution in [3.05, 3.63) is 0 Å². The van der Waals surface area contributed by atoms with E-state index in [1.165, 1.54) is 51.9 Å². The van der Waals surface area contributed by atoms with Crippen molar-refractivity contribution in [2.45, 2.75) is 110 Å². The summed E-state index contributed by atoms with van der Waals surface area (Å²) < 4.78 is 0. The van der Waals surface area contributed by atoms with Gasteiger partial charge in [0.15, 0.2) is 0 Å². The maximum absolute atomic E-state index is 10.2. The van der Waals surface area contributed by atoms with E-state index in [-0.39, 0.29) is 19.4 Å². The van der Waals surface area contributed by atoms with Gasteiger partial charge in [-0.1, -0.05) is 58.3 Å². The Morgan fingerprint density at radius 1 is 0.621 bits per heavy atom. The van der Waals surface area contributed by atoms with E-state index in [0.29, 0.717) is 19.3 Å². The molecule has 174 valence electrons. The van der Waals surface area contributed by atoms with Crippen LogP contribution in [-0.4, -0.2) is 56.2 Å². The molecule has 0 amide bonds. The van der Waals surface area contributed by atoms with Gasteiger partial charge in [-0.25, -0.2) is 0 Å². The Labute approximate surface area is 175 Å². The van der Waals surface area contributed by atoms with Crippen molar-refractivity contribution in [3.8, 4) is 0 Å². The Hall–Kier alpha value is -1.67. The molecule has 0 bridgehead atoms. The van der Waals surface area contributed by atoms with E-state index in [9.17, 15) is 14.4 Å². The third kappa shape index (κ3) is 46.4. The first-order chi connectivity index (χ1) is 13.7. The SMILES string of the molecule is CC(O)CO.CCCCCCCCCCCC(=O)O.O=C(O)CCCCC(=O)O. The van der Waals surface area contributed by atoms with Crippen molar-refractivity contribution in [1.82, 2.24) is 0 Å². The smallest absolute Gasteiger partial charge is 0.303 e. The highest BCUT2D eigenvalue weighted by Crippen LogP contribution is 2.10. The van der Waals surface area contributed by atoms with Crippen LogP contribution in [0.1, 0.15) is 104 Å². The average Bonchev–Trinajstić information content (AvgIpc) is 2.64. The molecule has 0 saturated carbocycles. The fraction of sp³-hybridized carbons (Fsp3) is 0.857. The van der Waals surface area contributed by atoms with Gasteiger partial charge in [-0.3, -0.25) is 14.4 Å². The molecular formula is C21H42O8. The largest absolute Gasteiger partial charge is 0.481 e. The minimum Gasteiger partial charge on any atom is -0.481 e. The molecule has 5 N–H and O–H groups in total. The van der Waals surface area contributed by atoms with Crippen LogP contribution in [0.4, 0.5) is 0 Å². The molecule has 0 rings (SSSR count). The molecule has 8 nitrogen and oxygen atoms in total. The van der Waals surface area contributed by atoms with Crippen molar-refractivity contribution in [1.29, 1.82) is 0 Å². The number of aliphatic carboxylic acids is 3. The summed E-state index contributed by atoms with van der Waals surface area (Å²) >= 11 is 0. The highest BCUT2D eigenvalue weighted by atomic mass is 16.4. The zero-order chi connectivity index (χ0) is 22.9. The molecule has 0 aliphatic carbocycles. The lowest BCUT2D eigenvalue weighted by atomic mass is 10.1. The predicted octanol–water partition coefficient (Wildman–Crippen LogP) is 4.07. The summed E-state index contributed by atoms with van der Waals surface area (Å²) in [5, 5.41) is 40.7. The predicted molar refractivity (Wildman–Crippen MR) is 112 cm³/mol. The van der Waals surface area contributed by atoms with Gasteiger partial charge in [0.2, 0.25) is 0 Å². The Bertz CT molecular complexity index is 367. The quantitative estimate of drug-likeness (QED) is 0.233. The fourth-order valence-electron chi connectivity index (χ4n) is 2.14. The molecule has 0 aliphatic rings. The highest BCUT2D eigenvalue weighted by molar-refractivity contribution is 5.68. The molecule has 0 aromatic heterocycles. The van der Waals surface area contributed by atoms with Crippen LogP contribution in [0.3, 0.4) is 0 Å². The zero-order valence-electron chi connectivity index (χ0n) is 18.1. The van der Waals surface area contributed by atoms with Gasteiger partial charge in [0.25, 0.3) is 0 Å². The lowest BCUT2D eigenvalue weighted by Crippen LogP contribution is -2.03. The first-order valence-corrected chi connectivity index (χ1v) is 10.6. The Balaban J connectivity index is -0.000000392. The molecule has 0 radical (unpaired) electrons. The first-order valence-electron chi connectivity index (χ1n) is 10.6. The topological polar surface area (TPSA) is 152 Å². The standard InChI is InChI=1S/C12H24O2.C6H10O4.C3H8O2/c1-2-3-4-5-6-7-8-9-10-11-12(13)14;7-5(8)3-1-2-4-6(9)10;1-3(5)2-4/h2-11H2,1H3,(H,13,14);1-4H2,(H,7,8)(H,9,10);3-5H,2H2,1H3. The average molecular weight is 423 g/mol. The molecule has 0 spiro atoms. The van der Waals surface area contributed by atoms with Crippen LogP contribution in [0, 0.1) is 0 Å². The zero-order valence-corrected chi connectivity index (χ0v) is 18.1. The summed E-state index contributed by atoms with van der Waals surface area (Å²) in [6.45, 7) is 3.62. The van der Waals surface area contributed by atoms with E-state index in [4.69, 9.17) is 25.5 Å². The van der Waals surface area contributed by atoms with Gasteiger partial charge in [-0.15, -0.1) is 0 Å². The Morgan fingerprint density at radius 2 is 0.862 bits per heavy atom. The minimum atomic E-state index is -0.870. The van der Waals surface area contributed by atoms with Crippen LogP contribution >= 0.6 is 0 Å². The molecule has 8 heteroatoms. The van der Waals surface area contributed by atoms with Crippen molar-refractivity contribution < 1.29 is 39.9 Å². The number of aliphatic hydroxyl groups excluding tert-OH is 2. The van der Waals surface area contributed by atoms with E-state index in [1.54, 1.807) is 0 Å². The molecule has 0 heterocycles. The van der Waals surface area contributed by atoms with Crippen molar-refractivity contribution >= 4 is 17.9 Å². The third-order valence-electron chi connectivity index (χ3n) is 3.79. The van der Waals surface area contributed by atoms with Gasteiger partial charge < -0.3 is 25.5 Å². The number of carbonyl (C=O) groups is 3. The van der Waals surface area contributed by atoms with Crippen LogP contribution in [0.25, 0.3) is 0 Å². The summed E-state index contributed by atoms with van der Waals surface area (Å²) in [6, 6.07) is 0. The van der Waals surface area contributed by atoms with Gasteiger partial charge >= 0.3 is 17.9 Å². The van der Waals surface area contributed by atoms with Gasteiger partial charge in [-0.05, 0) is 26.2 Å². The van der Waals surface area contributed by atoms with Gasteiger partial charge in [0.05, 0.1) is 12.7 Å². The van der Waals surface area contributed by atoms with Gasteiger partial charge in [0, 0.05) is 19.3 Å².